The Morgan fingerprint density at radius 2 is 1.87 bits per heavy atom. The van der Waals surface area contributed by atoms with E-state index >= 15 is 0 Å². The molecule has 0 N–H and O–H groups in total. The first-order valence-electron chi connectivity index (χ1n) is 6.29. The SMILES string of the molecule is CC(C)=C1CC(C)(C)CC2=C1CC[C@@H]2C. The van der Waals surface area contributed by atoms with Crippen molar-refractivity contribution in [2.75, 3.05) is 0 Å². The minimum Gasteiger partial charge on any atom is -0.0729 e. The molecule has 84 valence electrons. The third kappa shape index (κ3) is 1.91. The summed E-state index contributed by atoms with van der Waals surface area (Å²) in [6.45, 7) is 11.8. The van der Waals surface area contributed by atoms with Crippen molar-refractivity contribution in [3.8, 4) is 0 Å². The molecule has 0 aromatic heterocycles. The highest BCUT2D eigenvalue weighted by molar-refractivity contribution is 5.45. The molecule has 1 atom stereocenters. The molecule has 0 heteroatoms. The Hall–Kier alpha value is -0.520. The Labute approximate surface area is 94.5 Å². The molecule has 0 aliphatic heterocycles. The van der Waals surface area contributed by atoms with Crippen LogP contribution < -0.4 is 0 Å². The summed E-state index contributed by atoms with van der Waals surface area (Å²) < 4.78 is 0. The summed E-state index contributed by atoms with van der Waals surface area (Å²) in [4.78, 5) is 0. The highest BCUT2D eigenvalue weighted by Crippen LogP contribution is 2.50. The molecule has 0 radical (unpaired) electrons. The predicted octanol–water partition coefficient (Wildman–Crippen LogP) is 4.87. The van der Waals surface area contributed by atoms with Crippen molar-refractivity contribution in [1.29, 1.82) is 0 Å². The molecular formula is C15H24. The van der Waals surface area contributed by atoms with Gasteiger partial charge < -0.3 is 0 Å². The molecule has 0 nitrogen and oxygen atoms in total. The first-order chi connectivity index (χ1) is 6.91. The number of allylic oxidation sites excluding steroid dienone is 4. The van der Waals surface area contributed by atoms with Crippen LogP contribution in [0.4, 0.5) is 0 Å². The summed E-state index contributed by atoms with van der Waals surface area (Å²) in [5.74, 6) is 0.842. The molecule has 15 heavy (non-hydrogen) atoms. The topological polar surface area (TPSA) is 0 Å². The Bertz CT molecular complexity index is 335. The van der Waals surface area contributed by atoms with E-state index in [0.717, 1.165) is 5.92 Å². The van der Waals surface area contributed by atoms with E-state index in [9.17, 15) is 0 Å². The van der Waals surface area contributed by atoms with Gasteiger partial charge in [0.15, 0.2) is 0 Å². The molecule has 0 bridgehead atoms. The molecule has 0 spiro atoms. The molecule has 2 rings (SSSR count). The minimum absolute atomic E-state index is 0.490. The molecule has 0 amide bonds. The van der Waals surface area contributed by atoms with Crippen LogP contribution in [-0.4, -0.2) is 0 Å². The van der Waals surface area contributed by atoms with E-state index in [4.69, 9.17) is 0 Å². The number of hydrogen-bond acceptors (Lipinski definition) is 0. The predicted molar refractivity (Wildman–Crippen MR) is 66.8 cm³/mol. The second-order valence-corrected chi connectivity index (χ2v) is 6.44. The summed E-state index contributed by atoms with van der Waals surface area (Å²) in [7, 11) is 0. The quantitative estimate of drug-likeness (QED) is 0.528. The smallest absolute Gasteiger partial charge is 0.0222 e. The highest BCUT2D eigenvalue weighted by Gasteiger charge is 2.35. The Balaban J connectivity index is 2.47. The zero-order valence-corrected chi connectivity index (χ0v) is 10.9. The standard InChI is InChI=1S/C15H24/c1-10(2)13-8-15(4,5)9-14-11(3)6-7-12(13)14/h11H,6-9H2,1-5H3/t11-/m0/s1. The van der Waals surface area contributed by atoms with Crippen molar-refractivity contribution in [3.05, 3.63) is 22.3 Å². The van der Waals surface area contributed by atoms with Crippen molar-refractivity contribution in [2.24, 2.45) is 11.3 Å². The largest absolute Gasteiger partial charge is 0.0729 e. The van der Waals surface area contributed by atoms with E-state index in [-0.39, 0.29) is 0 Å². The monoisotopic (exact) mass is 204 g/mol. The van der Waals surface area contributed by atoms with Crippen molar-refractivity contribution >= 4 is 0 Å². The number of hydrogen-bond donors (Lipinski definition) is 0. The Morgan fingerprint density at radius 1 is 1.20 bits per heavy atom. The molecule has 0 unspecified atom stereocenters. The van der Waals surface area contributed by atoms with Crippen LogP contribution in [-0.2, 0) is 0 Å². The fraction of sp³-hybridized carbons (Fsp3) is 0.733. The van der Waals surface area contributed by atoms with Gasteiger partial charge in [0.25, 0.3) is 0 Å². The van der Waals surface area contributed by atoms with Gasteiger partial charge in [0.05, 0.1) is 0 Å². The molecule has 0 aromatic rings. The van der Waals surface area contributed by atoms with Gasteiger partial charge in [-0.3, -0.25) is 0 Å². The summed E-state index contributed by atoms with van der Waals surface area (Å²) in [5.41, 5.74) is 7.24. The van der Waals surface area contributed by atoms with E-state index in [1.165, 1.54) is 25.7 Å². The Kier molecular flexibility index (Phi) is 2.56. The summed E-state index contributed by atoms with van der Waals surface area (Å²) in [6.07, 6.45) is 5.35. The van der Waals surface area contributed by atoms with E-state index in [1.54, 1.807) is 22.3 Å². The average Bonchev–Trinajstić information content (AvgIpc) is 2.45. The van der Waals surface area contributed by atoms with Crippen LogP contribution in [0.2, 0.25) is 0 Å². The van der Waals surface area contributed by atoms with Crippen molar-refractivity contribution in [2.45, 2.75) is 60.3 Å². The van der Waals surface area contributed by atoms with Gasteiger partial charge in [-0.1, -0.05) is 31.9 Å². The molecule has 0 fully saturated rings. The van der Waals surface area contributed by atoms with Gasteiger partial charge in [0.1, 0.15) is 0 Å². The van der Waals surface area contributed by atoms with Crippen LogP contribution in [0.1, 0.15) is 60.3 Å². The van der Waals surface area contributed by atoms with E-state index in [1.807, 2.05) is 0 Å². The second-order valence-electron chi connectivity index (χ2n) is 6.44. The zero-order chi connectivity index (χ0) is 11.2. The zero-order valence-electron chi connectivity index (χ0n) is 10.9. The van der Waals surface area contributed by atoms with Crippen LogP contribution in [0.25, 0.3) is 0 Å². The fourth-order valence-electron chi connectivity index (χ4n) is 3.26. The molecular weight excluding hydrogens is 180 g/mol. The van der Waals surface area contributed by atoms with Crippen LogP contribution in [0.15, 0.2) is 22.3 Å². The van der Waals surface area contributed by atoms with Crippen molar-refractivity contribution < 1.29 is 0 Å². The van der Waals surface area contributed by atoms with Crippen molar-refractivity contribution in [1.82, 2.24) is 0 Å². The third-order valence-electron chi connectivity index (χ3n) is 4.10. The number of rotatable bonds is 0. The lowest BCUT2D eigenvalue weighted by Crippen LogP contribution is -2.20. The van der Waals surface area contributed by atoms with E-state index in [2.05, 4.69) is 34.6 Å². The van der Waals surface area contributed by atoms with Crippen LogP contribution in [0, 0.1) is 11.3 Å². The van der Waals surface area contributed by atoms with E-state index < -0.39 is 0 Å². The first-order valence-corrected chi connectivity index (χ1v) is 6.29. The maximum atomic E-state index is 2.42. The van der Waals surface area contributed by atoms with Gasteiger partial charge in [-0.2, -0.15) is 0 Å². The molecule has 2 aliphatic carbocycles. The maximum absolute atomic E-state index is 2.42. The van der Waals surface area contributed by atoms with Crippen LogP contribution >= 0.6 is 0 Å². The minimum atomic E-state index is 0.490. The Morgan fingerprint density at radius 3 is 2.47 bits per heavy atom. The molecule has 0 heterocycles. The van der Waals surface area contributed by atoms with Crippen molar-refractivity contribution in [3.63, 3.8) is 0 Å². The lowest BCUT2D eigenvalue weighted by Gasteiger charge is -2.35. The third-order valence-corrected chi connectivity index (χ3v) is 4.10. The van der Waals surface area contributed by atoms with Gasteiger partial charge in [-0.05, 0) is 62.0 Å². The van der Waals surface area contributed by atoms with Gasteiger partial charge >= 0.3 is 0 Å². The fourth-order valence-corrected chi connectivity index (χ4v) is 3.26. The van der Waals surface area contributed by atoms with Gasteiger partial charge in [0.2, 0.25) is 0 Å². The maximum Gasteiger partial charge on any atom is -0.0222 e. The second kappa shape index (κ2) is 3.50. The van der Waals surface area contributed by atoms with E-state index in [0.29, 0.717) is 5.41 Å². The molecule has 0 aromatic carbocycles. The van der Waals surface area contributed by atoms with Gasteiger partial charge in [-0.25, -0.2) is 0 Å². The molecule has 0 saturated carbocycles. The summed E-state index contributed by atoms with van der Waals surface area (Å²) in [6, 6.07) is 0. The van der Waals surface area contributed by atoms with Gasteiger partial charge in [0, 0.05) is 0 Å². The van der Waals surface area contributed by atoms with Crippen LogP contribution in [0.3, 0.4) is 0 Å². The summed E-state index contributed by atoms with van der Waals surface area (Å²) in [5, 5.41) is 0. The highest BCUT2D eigenvalue weighted by atomic mass is 14.4. The molecule has 0 saturated heterocycles. The van der Waals surface area contributed by atoms with Crippen LogP contribution in [0.5, 0.6) is 0 Å². The average molecular weight is 204 g/mol. The summed E-state index contributed by atoms with van der Waals surface area (Å²) >= 11 is 0. The normalized spacial score (nSPS) is 29.4. The van der Waals surface area contributed by atoms with Gasteiger partial charge in [-0.15, -0.1) is 0 Å². The molecule has 2 aliphatic rings. The first kappa shape index (κ1) is 11.0. The lowest BCUT2D eigenvalue weighted by molar-refractivity contribution is 0.337. The lowest BCUT2D eigenvalue weighted by atomic mass is 9.70.